The van der Waals surface area contributed by atoms with Crippen molar-refractivity contribution in [2.24, 2.45) is 0 Å². The molecule has 1 amide bonds. The Balaban J connectivity index is 1.57. The summed E-state index contributed by atoms with van der Waals surface area (Å²) in [4.78, 5) is 12.6. The zero-order valence-corrected chi connectivity index (χ0v) is 17.0. The van der Waals surface area contributed by atoms with E-state index in [4.69, 9.17) is 20.9 Å². The molecule has 1 saturated heterocycles. The Hall–Kier alpha value is -3.09. The second-order valence-electron chi connectivity index (χ2n) is 7.51. The van der Waals surface area contributed by atoms with Crippen LogP contribution in [0.15, 0.2) is 47.0 Å². The number of carbonyl (C=O) groups excluding carboxylic acids is 1. The highest BCUT2D eigenvalue weighted by Crippen LogP contribution is 2.42. The lowest BCUT2D eigenvalue weighted by Gasteiger charge is -2.12. The zero-order valence-electron chi connectivity index (χ0n) is 16.2. The molecule has 0 radical (unpaired) electrons. The normalized spacial score (nSPS) is 19.7. The number of hydrogen-bond acceptors (Lipinski definition) is 5. The van der Waals surface area contributed by atoms with Gasteiger partial charge in [-0.25, -0.2) is 0 Å². The number of amides is 1. The average Bonchev–Trinajstić information content (AvgIpc) is 3.47. The molecule has 2 aliphatic heterocycles. The van der Waals surface area contributed by atoms with Gasteiger partial charge in [-0.2, -0.15) is 0 Å². The van der Waals surface area contributed by atoms with Crippen LogP contribution in [-0.4, -0.2) is 22.8 Å². The van der Waals surface area contributed by atoms with Crippen molar-refractivity contribution in [2.45, 2.75) is 25.9 Å². The lowest BCUT2D eigenvalue weighted by molar-refractivity contribution is -0.110. The molecule has 3 heterocycles. The van der Waals surface area contributed by atoms with Crippen LogP contribution in [0.4, 0.5) is 5.69 Å². The highest BCUT2D eigenvalue weighted by atomic mass is 35.5. The van der Waals surface area contributed by atoms with Crippen molar-refractivity contribution >= 4 is 34.5 Å². The second kappa shape index (κ2) is 7.31. The monoisotopic (exact) mass is 422 g/mol. The predicted octanol–water partition coefficient (Wildman–Crippen LogP) is 5.53. The minimum absolute atomic E-state index is 0.134. The van der Waals surface area contributed by atoms with Crippen LogP contribution in [0.2, 0.25) is 5.02 Å². The van der Waals surface area contributed by atoms with Crippen molar-refractivity contribution < 1.29 is 19.2 Å². The molecule has 7 heteroatoms. The number of ether oxygens (including phenoxy) is 1. The Labute approximate surface area is 178 Å². The van der Waals surface area contributed by atoms with Crippen molar-refractivity contribution in [3.63, 3.8) is 0 Å². The SMILES string of the molecule is Cc1cc(C(O)=C2C(=O)Nc3cc(Cl)c(-c4ccc(C5CCCO5)cc4)cc32)on1. The van der Waals surface area contributed by atoms with E-state index in [0.717, 1.165) is 36.1 Å². The Morgan fingerprint density at radius 2 is 2.00 bits per heavy atom. The van der Waals surface area contributed by atoms with Crippen LogP contribution in [0, 0.1) is 6.92 Å². The number of rotatable bonds is 3. The first-order chi connectivity index (χ1) is 14.5. The van der Waals surface area contributed by atoms with Crippen molar-refractivity contribution in [1.29, 1.82) is 0 Å². The van der Waals surface area contributed by atoms with E-state index >= 15 is 0 Å². The molecule has 2 N–H and O–H groups in total. The molecule has 6 nitrogen and oxygen atoms in total. The molecule has 1 unspecified atom stereocenters. The molecule has 1 aromatic heterocycles. The van der Waals surface area contributed by atoms with Gasteiger partial charge in [-0.1, -0.05) is 41.0 Å². The topological polar surface area (TPSA) is 84.6 Å². The predicted molar refractivity (Wildman–Crippen MR) is 114 cm³/mol. The number of aryl methyl sites for hydroxylation is 1. The molecular formula is C23H19ClN2O4. The number of benzene rings is 2. The Kier molecular flexibility index (Phi) is 4.60. The summed E-state index contributed by atoms with van der Waals surface area (Å²) in [6, 6.07) is 13.2. The van der Waals surface area contributed by atoms with Gasteiger partial charge in [-0.3, -0.25) is 4.79 Å². The van der Waals surface area contributed by atoms with Crippen molar-refractivity contribution in [1.82, 2.24) is 5.16 Å². The van der Waals surface area contributed by atoms with E-state index in [2.05, 4.69) is 10.5 Å². The summed E-state index contributed by atoms with van der Waals surface area (Å²) < 4.78 is 10.9. The first kappa shape index (κ1) is 18.9. The fourth-order valence-electron chi connectivity index (χ4n) is 3.96. The first-order valence-corrected chi connectivity index (χ1v) is 10.1. The number of anilines is 1. The number of halogens is 1. The number of aliphatic hydroxyl groups excluding tert-OH is 1. The third-order valence-corrected chi connectivity index (χ3v) is 5.79. The van der Waals surface area contributed by atoms with Gasteiger partial charge in [-0.05, 0) is 43.0 Å². The van der Waals surface area contributed by atoms with Gasteiger partial charge >= 0.3 is 0 Å². The summed E-state index contributed by atoms with van der Waals surface area (Å²) in [5, 5.41) is 17.7. The number of nitrogens with one attached hydrogen (secondary N) is 1. The summed E-state index contributed by atoms with van der Waals surface area (Å²) in [6.07, 6.45) is 2.25. The number of aliphatic hydroxyl groups is 1. The number of carbonyl (C=O) groups is 1. The fourth-order valence-corrected chi connectivity index (χ4v) is 4.24. The molecule has 1 fully saturated rings. The van der Waals surface area contributed by atoms with E-state index < -0.39 is 5.91 Å². The van der Waals surface area contributed by atoms with Crippen molar-refractivity contribution in [2.75, 3.05) is 11.9 Å². The highest BCUT2D eigenvalue weighted by molar-refractivity contribution is 6.38. The van der Waals surface area contributed by atoms with Gasteiger partial charge in [0, 0.05) is 23.8 Å². The Bertz CT molecular complexity index is 1170. The number of fused-ring (bicyclic) bond motifs is 1. The Morgan fingerprint density at radius 3 is 2.67 bits per heavy atom. The number of hydrogen-bond donors (Lipinski definition) is 2. The standard InChI is InChI=1S/C23H19ClN2O4/c1-12-9-20(30-26-12)22(27)21-16-10-15(17(24)11-18(16)25-23(21)28)13-4-6-14(7-5-13)19-3-2-8-29-19/h4-7,9-11,19,27H,2-3,8H2,1H3,(H,25,28). The quantitative estimate of drug-likeness (QED) is 0.428. The molecule has 152 valence electrons. The third-order valence-electron chi connectivity index (χ3n) is 5.47. The lowest BCUT2D eigenvalue weighted by Crippen LogP contribution is -2.05. The van der Waals surface area contributed by atoms with Crippen LogP contribution in [0.1, 0.15) is 41.5 Å². The highest BCUT2D eigenvalue weighted by Gasteiger charge is 2.31. The molecule has 0 saturated carbocycles. The van der Waals surface area contributed by atoms with E-state index in [-0.39, 0.29) is 23.2 Å². The smallest absolute Gasteiger partial charge is 0.260 e. The molecule has 2 aromatic carbocycles. The lowest BCUT2D eigenvalue weighted by atomic mass is 9.96. The molecule has 2 aliphatic rings. The summed E-state index contributed by atoms with van der Waals surface area (Å²) in [6.45, 7) is 2.54. The van der Waals surface area contributed by atoms with Crippen molar-refractivity contribution in [3.8, 4) is 11.1 Å². The van der Waals surface area contributed by atoms with E-state index in [1.165, 1.54) is 0 Å². The van der Waals surface area contributed by atoms with Gasteiger partial charge in [-0.15, -0.1) is 0 Å². The van der Waals surface area contributed by atoms with Crippen LogP contribution >= 0.6 is 11.6 Å². The van der Waals surface area contributed by atoms with E-state index in [1.54, 1.807) is 19.1 Å². The van der Waals surface area contributed by atoms with Crippen LogP contribution < -0.4 is 5.32 Å². The Morgan fingerprint density at radius 1 is 1.20 bits per heavy atom. The largest absolute Gasteiger partial charge is 0.504 e. The van der Waals surface area contributed by atoms with E-state index in [1.807, 2.05) is 30.3 Å². The minimum atomic E-state index is -0.418. The summed E-state index contributed by atoms with van der Waals surface area (Å²) >= 11 is 6.52. The van der Waals surface area contributed by atoms with Gasteiger partial charge < -0.3 is 19.7 Å². The molecule has 30 heavy (non-hydrogen) atoms. The molecule has 0 spiro atoms. The maximum absolute atomic E-state index is 12.6. The molecule has 0 aliphatic carbocycles. The molecule has 5 rings (SSSR count). The fraction of sp³-hybridized carbons (Fsp3) is 0.217. The maximum Gasteiger partial charge on any atom is 0.260 e. The van der Waals surface area contributed by atoms with Crippen LogP contribution in [0.5, 0.6) is 0 Å². The molecule has 3 aromatic rings. The van der Waals surface area contributed by atoms with Crippen molar-refractivity contribution in [3.05, 3.63) is 70.1 Å². The van der Waals surface area contributed by atoms with Gasteiger partial charge in [0.25, 0.3) is 5.91 Å². The minimum Gasteiger partial charge on any atom is -0.504 e. The second-order valence-corrected chi connectivity index (χ2v) is 7.92. The molecule has 0 bridgehead atoms. The van der Waals surface area contributed by atoms with E-state index in [0.29, 0.717) is 22.0 Å². The first-order valence-electron chi connectivity index (χ1n) is 9.75. The zero-order chi connectivity index (χ0) is 20.8. The van der Waals surface area contributed by atoms with Crippen LogP contribution in [0.3, 0.4) is 0 Å². The van der Waals surface area contributed by atoms with Gasteiger partial charge in [0.1, 0.15) is 0 Å². The van der Waals surface area contributed by atoms with Gasteiger partial charge in [0.2, 0.25) is 5.76 Å². The summed E-state index contributed by atoms with van der Waals surface area (Å²) in [7, 11) is 0. The number of aromatic nitrogens is 1. The maximum atomic E-state index is 12.6. The van der Waals surface area contributed by atoms with Gasteiger partial charge in [0.05, 0.1) is 28.1 Å². The molecule has 1 atom stereocenters. The van der Waals surface area contributed by atoms with Crippen LogP contribution in [0.25, 0.3) is 22.5 Å². The number of nitrogens with zero attached hydrogens (tertiary/aromatic N) is 1. The summed E-state index contributed by atoms with van der Waals surface area (Å²) in [5.41, 5.74) is 4.68. The molecular weight excluding hydrogens is 404 g/mol. The van der Waals surface area contributed by atoms with Crippen LogP contribution in [-0.2, 0) is 9.53 Å². The van der Waals surface area contributed by atoms with Gasteiger partial charge in [0.15, 0.2) is 5.76 Å². The van der Waals surface area contributed by atoms with E-state index in [9.17, 15) is 9.90 Å². The third kappa shape index (κ3) is 3.18. The summed E-state index contributed by atoms with van der Waals surface area (Å²) in [5.74, 6) is -0.532. The average molecular weight is 423 g/mol.